The highest BCUT2D eigenvalue weighted by molar-refractivity contribution is 6.12. The molecule has 3 atom stereocenters. The summed E-state index contributed by atoms with van der Waals surface area (Å²) in [7, 11) is 4.48. The number of likely N-dealkylation sites (tertiary alicyclic amines) is 1. The van der Waals surface area contributed by atoms with E-state index in [9.17, 15) is 32.3 Å². The summed E-state index contributed by atoms with van der Waals surface area (Å²) in [6, 6.07) is 11.6. The van der Waals surface area contributed by atoms with Crippen LogP contribution in [0, 0.1) is 11.8 Å². The summed E-state index contributed by atoms with van der Waals surface area (Å²) in [6.07, 6.45) is -1.68. The van der Waals surface area contributed by atoms with Crippen molar-refractivity contribution in [2.24, 2.45) is 11.8 Å². The zero-order valence-electron chi connectivity index (χ0n) is 28.4. The number of alkyl halides is 3. The molecule has 12 nitrogen and oxygen atoms in total. The minimum atomic E-state index is -4.75. The number of amides is 5. The van der Waals surface area contributed by atoms with E-state index in [1.165, 1.54) is 31.3 Å². The van der Waals surface area contributed by atoms with Gasteiger partial charge in [-0.05, 0) is 78.8 Å². The normalized spacial score (nSPS) is 18.2. The molecule has 2 aromatic carbocycles. The van der Waals surface area contributed by atoms with E-state index in [2.05, 4.69) is 15.6 Å². The minimum Gasteiger partial charge on any atom is -0.497 e. The van der Waals surface area contributed by atoms with Crippen LogP contribution in [0.1, 0.15) is 43.2 Å². The molecule has 1 aromatic heterocycles. The number of carbonyl (C=O) groups is 4. The van der Waals surface area contributed by atoms with E-state index in [4.69, 9.17) is 14.2 Å². The van der Waals surface area contributed by atoms with Crippen LogP contribution in [0.4, 0.5) is 28.4 Å². The van der Waals surface area contributed by atoms with E-state index in [0.717, 1.165) is 12.0 Å². The van der Waals surface area contributed by atoms with Crippen molar-refractivity contribution in [2.75, 3.05) is 26.2 Å². The summed E-state index contributed by atoms with van der Waals surface area (Å²) < 4.78 is 58.3. The molecule has 1 aliphatic carbocycles. The van der Waals surface area contributed by atoms with Crippen LogP contribution in [0.5, 0.6) is 17.4 Å². The number of urea groups is 1. The molecule has 272 valence electrons. The number of likely N-dealkylation sites (N-methyl/N-ethyl adjacent to an activating group) is 1. The van der Waals surface area contributed by atoms with Crippen LogP contribution in [0.25, 0.3) is 0 Å². The van der Waals surface area contributed by atoms with Gasteiger partial charge in [0.15, 0.2) is 0 Å². The van der Waals surface area contributed by atoms with Gasteiger partial charge in [0, 0.05) is 31.5 Å². The number of imide groups is 1. The molecule has 1 saturated carbocycles. The summed E-state index contributed by atoms with van der Waals surface area (Å²) >= 11 is 0. The molecule has 5 rings (SSSR count). The van der Waals surface area contributed by atoms with Crippen LogP contribution in [-0.2, 0) is 22.6 Å². The highest BCUT2D eigenvalue weighted by Gasteiger charge is 2.57. The summed E-state index contributed by atoms with van der Waals surface area (Å²) in [5.41, 5.74) is 1.65. The molecule has 3 aromatic rings. The van der Waals surface area contributed by atoms with E-state index < -0.39 is 54.0 Å². The first-order valence-electron chi connectivity index (χ1n) is 16.5. The predicted molar refractivity (Wildman–Crippen MR) is 179 cm³/mol. The highest BCUT2D eigenvalue weighted by atomic mass is 19.4. The SMILES string of the molecule is COc1ccc(CNC(=O)Oc2cc(C[C@@H]3C(=O)N(C(=O)NC(C4CCCCC4)C(F)(F)F)[C@@H]3C(=O)N(C)c3ccc(OC)cc3)ccn2)cc1. The Labute approximate surface area is 293 Å². The Balaban J connectivity index is 1.32. The number of benzene rings is 2. The molecule has 0 spiro atoms. The topological polar surface area (TPSA) is 139 Å². The molecule has 0 bridgehead atoms. The van der Waals surface area contributed by atoms with Gasteiger partial charge in [0.05, 0.1) is 20.1 Å². The monoisotopic (exact) mass is 711 g/mol. The van der Waals surface area contributed by atoms with Gasteiger partial charge < -0.3 is 29.7 Å². The van der Waals surface area contributed by atoms with Gasteiger partial charge in [0.25, 0.3) is 5.91 Å². The Morgan fingerprint density at radius 1 is 0.941 bits per heavy atom. The van der Waals surface area contributed by atoms with Crippen LogP contribution in [0.2, 0.25) is 0 Å². The third kappa shape index (κ3) is 8.88. The quantitative estimate of drug-likeness (QED) is 0.244. The van der Waals surface area contributed by atoms with Gasteiger partial charge in [-0.25, -0.2) is 14.6 Å². The summed E-state index contributed by atoms with van der Waals surface area (Å²) in [5.74, 6) is -2.32. The zero-order chi connectivity index (χ0) is 36.7. The van der Waals surface area contributed by atoms with Crippen molar-refractivity contribution in [2.45, 2.75) is 63.3 Å². The number of methoxy groups -OCH3 is 2. The molecule has 2 N–H and O–H groups in total. The number of rotatable bonds is 11. The second-order valence-electron chi connectivity index (χ2n) is 12.5. The molecule has 15 heteroatoms. The number of halogens is 3. The number of hydrogen-bond acceptors (Lipinski definition) is 8. The van der Waals surface area contributed by atoms with Crippen molar-refractivity contribution in [3.63, 3.8) is 0 Å². The Morgan fingerprint density at radius 3 is 2.18 bits per heavy atom. The Hall–Kier alpha value is -5.34. The third-order valence-electron chi connectivity index (χ3n) is 9.28. The number of anilines is 1. The standard InChI is InChI=1S/C36H40F3N5O7/c1-43(25-11-15-27(50-3)16-12-25)33(46)30-28(32(45)44(30)34(47)42-31(36(37,38)39)24-7-5-4-6-8-24)19-23-17-18-40-29(20-23)51-35(48)41-21-22-9-13-26(49-2)14-10-22/h9-18,20,24,28,30-31H,4-8,19,21H2,1-3H3,(H,41,48)(H,42,47)/t28-,30-,31?/m0/s1. The average Bonchev–Trinajstić information content (AvgIpc) is 3.13. The average molecular weight is 712 g/mol. The molecule has 1 unspecified atom stereocenters. The fraction of sp³-hybridized carbons (Fsp3) is 0.417. The van der Waals surface area contributed by atoms with Gasteiger partial charge in [-0.15, -0.1) is 0 Å². The lowest BCUT2D eigenvalue weighted by Gasteiger charge is -2.46. The Kier molecular flexibility index (Phi) is 11.7. The number of carbonyl (C=O) groups excluding carboxylic acids is 4. The molecular formula is C36H40F3N5O7. The number of β-lactam (4-membered cyclic amide) rings is 1. The first-order chi connectivity index (χ1) is 24.4. The van der Waals surface area contributed by atoms with Crippen LogP contribution >= 0.6 is 0 Å². The summed E-state index contributed by atoms with van der Waals surface area (Å²) in [4.78, 5) is 59.4. The van der Waals surface area contributed by atoms with Crippen molar-refractivity contribution in [3.05, 3.63) is 78.0 Å². The van der Waals surface area contributed by atoms with Crippen LogP contribution in [0.15, 0.2) is 66.9 Å². The van der Waals surface area contributed by atoms with Crippen LogP contribution < -0.4 is 29.7 Å². The molecule has 51 heavy (non-hydrogen) atoms. The van der Waals surface area contributed by atoms with E-state index in [0.29, 0.717) is 40.5 Å². The number of nitrogens with zero attached hydrogens (tertiary/aromatic N) is 3. The number of ether oxygens (including phenoxy) is 3. The van der Waals surface area contributed by atoms with Crippen molar-refractivity contribution >= 4 is 29.6 Å². The fourth-order valence-electron chi connectivity index (χ4n) is 6.46. The molecule has 1 aliphatic heterocycles. The first kappa shape index (κ1) is 36.9. The van der Waals surface area contributed by atoms with Crippen LogP contribution in [0.3, 0.4) is 0 Å². The molecular weight excluding hydrogens is 671 g/mol. The summed E-state index contributed by atoms with van der Waals surface area (Å²) in [6.45, 7) is 0.165. The van der Waals surface area contributed by atoms with E-state index >= 15 is 0 Å². The van der Waals surface area contributed by atoms with E-state index in [1.807, 2.05) is 0 Å². The molecule has 2 aliphatic rings. The lowest BCUT2D eigenvalue weighted by molar-refractivity contribution is -0.170. The Morgan fingerprint density at radius 2 is 1.57 bits per heavy atom. The maximum Gasteiger partial charge on any atom is 0.414 e. The van der Waals surface area contributed by atoms with Crippen molar-refractivity contribution < 1.29 is 46.6 Å². The minimum absolute atomic E-state index is 0.0835. The second-order valence-corrected chi connectivity index (χ2v) is 12.5. The van der Waals surface area contributed by atoms with Crippen molar-refractivity contribution in [1.82, 2.24) is 20.5 Å². The van der Waals surface area contributed by atoms with Crippen molar-refractivity contribution in [1.29, 1.82) is 0 Å². The highest BCUT2D eigenvalue weighted by Crippen LogP contribution is 2.37. The Bertz CT molecular complexity index is 1700. The number of pyridine rings is 1. The number of hydrogen-bond donors (Lipinski definition) is 2. The second kappa shape index (κ2) is 16.1. The van der Waals surface area contributed by atoms with Gasteiger partial charge in [0.1, 0.15) is 23.6 Å². The predicted octanol–water partition coefficient (Wildman–Crippen LogP) is 5.64. The maximum absolute atomic E-state index is 14.2. The maximum atomic E-state index is 14.2. The van der Waals surface area contributed by atoms with Gasteiger partial charge >= 0.3 is 18.3 Å². The molecule has 1 saturated heterocycles. The summed E-state index contributed by atoms with van der Waals surface area (Å²) in [5, 5.41) is 4.67. The molecule has 2 fully saturated rings. The molecule has 0 radical (unpaired) electrons. The van der Waals surface area contributed by atoms with Crippen LogP contribution in [-0.4, -0.2) is 73.3 Å². The van der Waals surface area contributed by atoms with Gasteiger partial charge in [-0.2, -0.15) is 13.2 Å². The van der Waals surface area contributed by atoms with Crippen molar-refractivity contribution in [3.8, 4) is 17.4 Å². The number of nitrogens with one attached hydrogen (secondary N) is 2. The molecule has 2 heterocycles. The first-order valence-corrected chi connectivity index (χ1v) is 16.5. The lowest BCUT2D eigenvalue weighted by atomic mass is 9.81. The number of aromatic nitrogens is 1. The van der Waals surface area contributed by atoms with Gasteiger partial charge in [0.2, 0.25) is 11.8 Å². The smallest absolute Gasteiger partial charge is 0.414 e. The lowest BCUT2D eigenvalue weighted by Crippen LogP contribution is -2.71. The van der Waals surface area contributed by atoms with E-state index in [1.54, 1.807) is 61.7 Å². The van der Waals surface area contributed by atoms with Gasteiger partial charge in [-0.1, -0.05) is 31.4 Å². The third-order valence-corrected chi connectivity index (χ3v) is 9.28. The largest absolute Gasteiger partial charge is 0.497 e. The van der Waals surface area contributed by atoms with Gasteiger partial charge in [-0.3, -0.25) is 14.5 Å². The fourth-order valence-corrected chi connectivity index (χ4v) is 6.46. The van der Waals surface area contributed by atoms with E-state index in [-0.39, 0.29) is 31.7 Å². The zero-order valence-corrected chi connectivity index (χ0v) is 28.4. The molecule has 5 amide bonds.